The van der Waals surface area contributed by atoms with Crippen LogP contribution in [0.3, 0.4) is 0 Å². The van der Waals surface area contributed by atoms with Crippen molar-refractivity contribution in [3.05, 3.63) is 71.7 Å². The highest BCUT2D eigenvalue weighted by Gasteiger charge is 2.22. The number of nitrogens with zero attached hydrogens (tertiary/aromatic N) is 1. The second kappa shape index (κ2) is 7.75. The quantitative estimate of drug-likeness (QED) is 0.693. The number of anilines is 1. The molecule has 0 aliphatic carbocycles. The predicted octanol–water partition coefficient (Wildman–Crippen LogP) is 4.40. The molecule has 0 spiro atoms. The van der Waals surface area contributed by atoms with E-state index in [1.807, 2.05) is 18.2 Å². The van der Waals surface area contributed by atoms with Crippen LogP contribution >= 0.6 is 11.3 Å². The third kappa shape index (κ3) is 4.04. The largest absolute Gasteiger partial charge is 0.476 e. The van der Waals surface area contributed by atoms with Gasteiger partial charge in [-0.05, 0) is 11.6 Å². The molecule has 0 fully saturated rings. The predicted molar refractivity (Wildman–Crippen MR) is 94.7 cm³/mol. The molecule has 0 bridgehead atoms. The lowest BCUT2D eigenvalue weighted by molar-refractivity contribution is 0.0692. The van der Waals surface area contributed by atoms with E-state index < -0.39 is 17.9 Å². The molecule has 0 unspecified atom stereocenters. The zero-order chi connectivity index (χ0) is 18.5. The van der Waals surface area contributed by atoms with Crippen molar-refractivity contribution in [3.8, 4) is 10.4 Å². The summed E-state index contributed by atoms with van der Waals surface area (Å²) in [6, 6.07) is 14.8. The Morgan fingerprint density at radius 2 is 1.81 bits per heavy atom. The number of hydrogen-bond donors (Lipinski definition) is 2. The molecule has 0 saturated heterocycles. The number of nitrogens with one attached hydrogen (secondary N) is 1. The van der Waals surface area contributed by atoms with E-state index in [0.29, 0.717) is 0 Å². The Morgan fingerprint density at radius 3 is 2.50 bits per heavy atom. The van der Waals surface area contributed by atoms with Crippen LogP contribution in [0.1, 0.15) is 16.1 Å². The first kappa shape index (κ1) is 17.6. The number of carboxylic acids is 1. The standard InChI is InChI=1S/C18H13FN2O4S/c19-13-9-5-4-8-12(13)15-14(16(22)23)20-17(26-15)21-18(24)25-10-11-6-2-1-3-7-11/h1-9H,10H2,(H,22,23)(H,20,21,24). The minimum Gasteiger partial charge on any atom is -0.476 e. The van der Waals surface area contributed by atoms with Crippen LogP contribution in [0.4, 0.5) is 14.3 Å². The van der Waals surface area contributed by atoms with Gasteiger partial charge in [0, 0.05) is 5.56 Å². The van der Waals surface area contributed by atoms with Crippen LogP contribution in [0, 0.1) is 5.82 Å². The summed E-state index contributed by atoms with van der Waals surface area (Å²) in [5.74, 6) is -1.89. The van der Waals surface area contributed by atoms with Crippen molar-refractivity contribution < 1.29 is 23.8 Å². The summed E-state index contributed by atoms with van der Waals surface area (Å²) in [6.07, 6.45) is -0.778. The first-order valence-corrected chi connectivity index (χ1v) is 8.33. The number of carboxylic acid groups (broad SMARTS) is 1. The Balaban J connectivity index is 1.76. The van der Waals surface area contributed by atoms with Crippen molar-refractivity contribution in [3.63, 3.8) is 0 Å². The zero-order valence-corrected chi connectivity index (χ0v) is 14.1. The van der Waals surface area contributed by atoms with Crippen LogP contribution in [-0.4, -0.2) is 22.2 Å². The fourth-order valence-electron chi connectivity index (χ4n) is 2.19. The number of ether oxygens (including phenoxy) is 1. The fourth-order valence-corrected chi connectivity index (χ4v) is 3.16. The molecule has 0 atom stereocenters. The molecule has 26 heavy (non-hydrogen) atoms. The van der Waals surface area contributed by atoms with Crippen LogP contribution < -0.4 is 5.32 Å². The average Bonchev–Trinajstić information content (AvgIpc) is 3.05. The van der Waals surface area contributed by atoms with Gasteiger partial charge in [-0.3, -0.25) is 5.32 Å². The Bertz CT molecular complexity index is 943. The van der Waals surface area contributed by atoms with Crippen LogP contribution in [0.15, 0.2) is 54.6 Å². The summed E-state index contributed by atoms with van der Waals surface area (Å²) in [6.45, 7) is 0.0595. The maximum atomic E-state index is 14.0. The van der Waals surface area contributed by atoms with Crippen LogP contribution in [0.25, 0.3) is 10.4 Å². The van der Waals surface area contributed by atoms with Crippen molar-refractivity contribution >= 4 is 28.5 Å². The van der Waals surface area contributed by atoms with Gasteiger partial charge < -0.3 is 9.84 Å². The molecule has 8 heteroatoms. The lowest BCUT2D eigenvalue weighted by Crippen LogP contribution is -2.13. The van der Waals surface area contributed by atoms with Crippen LogP contribution in [0.2, 0.25) is 0 Å². The highest BCUT2D eigenvalue weighted by Crippen LogP contribution is 2.34. The molecule has 6 nitrogen and oxygen atoms in total. The minimum absolute atomic E-state index is 0.0127. The highest BCUT2D eigenvalue weighted by molar-refractivity contribution is 7.19. The summed E-state index contributed by atoms with van der Waals surface area (Å²) in [5, 5.41) is 11.7. The number of amides is 1. The lowest BCUT2D eigenvalue weighted by atomic mass is 10.1. The van der Waals surface area contributed by atoms with Crippen LogP contribution in [0.5, 0.6) is 0 Å². The van der Waals surface area contributed by atoms with E-state index in [1.165, 1.54) is 18.2 Å². The zero-order valence-electron chi connectivity index (χ0n) is 13.3. The van der Waals surface area contributed by atoms with Gasteiger partial charge in [0.25, 0.3) is 0 Å². The van der Waals surface area contributed by atoms with Gasteiger partial charge in [0.15, 0.2) is 10.8 Å². The van der Waals surface area contributed by atoms with Gasteiger partial charge in [0.2, 0.25) is 0 Å². The van der Waals surface area contributed by atoms with E-state index >= 15 is 0 Å². The molecule has 2 N–H and O–H groups in total. The van der Waals surface area contributed by atoms with E-state index in [9.17, 15) is 19.1 Å². The Hall–Kier alpha value is -3.26. The number of halogens is 1. The Kier molecular flexibility index (Phi) is 5.23. The molecule has 1 heterocycles. The van der Waals surface area contributed by atoms with Gasteiger partial charge in [-0.1, -0.05) is 59.9 Å². The molecule has 0 aliphatic heterocycles. The van der Waals surface area contributed by atoms with E-state index in [0.717, 1.165) is 16.9 Å². The van der Waals surface area contributed by atoms with Gasteiger partial charge in [0.05, 0.1) is 4.88 Å². The topological polar surface area (TPSA) is 88.5 Å². The van der Waals surface area contributed by atoms with Gasteiger partial charge in [-0.15, -0.1) is 0 Å². The molecule has 3 aromatic rings. The lowest BCUT2D eigenvalue weighted by Gasteiger charge is -2.04. The second-order valence-electron chi connectivity index (χ2n) is 5.17. The van der Waals surface area contributed by atoms with Gasteiger partial charge in [0.1, 0.15) is 12.4 Å². The third-order valence-corrected chi connectivity index (χ3v) is 4.37. The summed E-state index contributed by atoms with van der Waals surface area (Å²) in [4.78, 5) is 27.3. The van der Waals surface area contributed by atoms with E-state index in [4.69, 9.17) is 4.74 Å². The number of carbonyl (C=O) groups excluding carboxylic acids is 1. The smallest absolute Gasteiger partial charge is 0.413 e. The van der Waals surface area contributed by atoms with E-state index in [-0.39, 0.29) is 27.9 Å². The number of hydrogen-bond acceptors (Lipinski definition) is 5. The number of aromatic carboxylic acids is 1. The van der Waals surface area contributed by atoms with Crippen molar-refractivity contribution in [2.45, 2.75) is 6.61 Å². The minimum atomic E-state index is -1.31. The fraction of sp³-hybridized carbons (Fsp3) is 0.0556. The molecule has 0 saturated carbocycles. The van der Waals surface area contributed by atoms with Crippen molar-refractivity contribution in [1.82, 2.24) is 4.98 Å². The van der Waals surface area contributed by atoms with Gasteiger partial charge in [-0.2, -0.15) is 0 Å². The van der Waals surface area contributed by atoms with Crippen molar-refractivity contribution in [2.75, 3.05) is 5.32 Å². The molecular formula is C18H13FN2O4S. The monoisotopic (exact) mass is 372 g/mol. The van der Waals surface area contributed by atoms with E-state index in [1.54, 1.807) is 18.2 Å². The Morgan fingerprint density at radius 1 is 1.12 bits per heavy atom. The summed E-state index contributed by atoms with van der Waals surface area (Å²) >= 11 is 0.861. The number of thiazole rings is 1. The Labute approximate surface area is 151 Å². The molecule has 1 amide bonds. The van der Waals surface area contributed by atoms with Gasteiger partial charge in [-0.25, -0.2) is 19.0 Å². The molecule has 132 valence electrons. The van der Waals surface area contributed by atoms with Crippen LogP contribution in [-0.2, 0) is 11.3 Å². The highest BCUT2D eigenvalue weighted by atomic mass is 32.1. The van der Waals surface area contributed by atoms with E-state index in [2.05, 4.69) is 10.3 Å². The summed E-state index contributed by atoms with van der Waals surface area (Å²) < 4.78 is 19.0. The molecule has 0 radical (unpaired) electrons. The van der Waals surface area contributed by atoms with Crippen molar-refractivity contribution in [2.24, 2.45) is 0 Å². The maximum Gasteiger partial charge on any atom is 0.413 e. The summed E-state index contributed by atoms with van der Waals surface area (Å²) in [7, 11) is 0. The maximum absolute atomic E-state index is 14.0. The summed E-state index contributed by atoms with van der Waals surface area (Å²) in [5.41, 5.74) is 0.576. The molecule has 1 aromatic heterocycles. The first-order chi connectivity index (χ1) is 12.5. The number of aromatic nitrogens is 1. The second-order valence-corrected chi connectivity index (χ2v) is 6.17. The molecule has 2 aromatic carbocycles. The molecular weight excluding hydrogens is 359 g/mol. The third-order valence-electron chi connectivity index (χ3n) is 3.37. The number of rotatable bonds is 5. The average molecular weight is 372 g/mol. The SMILES string of the molecule is O=C(Nc1nc(C(=O)O)c(-c2ccccc2F)s1)OCc1ccccc1. The molecule has 0 aliphatic rings. The normalized spacial score (nSPS) is 10.3. The first-order valence-electron chi connectivity index (χ1n) is 7.51. The van der Waals surface area contributed by atoms with Crippen molar-refractivity contribution in [1.29, 1.82) is 0 Å². The molecule has 3 rings (SSSR count). The number of benzene rings is 2. The number of carbonyl (C=O) groups is 2. The van der Waals surface area contributed by atoms with Gasteiger partial charge >= 0.3 is 12.1 Å².